The largest absolute Gasteiger partial charge is 0.480 e. The Bertz CT molecular complexity index is 282. The number of alkyl carbamates (subject to hydrolysis) is 1. The summed E-state index contributed by atoms with van der Waals surface area (Å²) in [6.07, 6.45) is 5.27. The average Bonchev–Trinajstić information content (AvgIpc) is 3.04. The third-order valence-corrected chi connectivity index (χ3v) is 2.31. The summed E-state index contributed by atoms with van der Waals surface area (Å²) in [6.45, 7) is 2.27. The Kier molecular flexibility index (Phi) is 4.82. The molecule has 0 saturated heterocycles. The van der Waals surface area contributed by atoms with Crippen molar-refractivity contribution in [3.63, 3.8) is 0 Å². The molecule has 16 heavy (non-hydrogen) atoms. The van der Waals surface area contributed by atoms with Gasteiger partial charge in [0.1, 0.15) is 12.6 Å². The number of hydrogen-bond donors (Lipinski definition) is 2. The number of nitrogens with one attached hydrogen (secondary N) is 1. The smallest absolute Gasteiger partial charge is 0.407 e. The lowest BCUT2D eigenvalue weighted by molar-refractivity contribution is -0.139. The van der Waals surface area contributed by atoms with Gasteiger partial charge in [-0.2, -0.15) is 0 Å². The molecule has 1 unspecified atom stereocenters. The zero-order chi connectivity index (χ0) is 12.0. The van der Waals surface area contributed by atoms with E-state index in [-0.39, 0.29) is 5.92 Å². The average molecular weight is 227 g/mol. The minimum absolute atomic E-state index is 0.240. The molecule has 90 valence electrons. The molecule has 1 aliphatic rings. The van der Waals surface area contributed by atoms with Crippen molar-refractivity contribution in [2.75, 3.05) is 6.61 Å². The van der Waals surface area contributed by atoms with Crippen LogP contribution in [-0.2, 0) is 9.53 Å². The molecule has 0 bridgehead atoms. The lowest BCUT2D eigenvalue weighted by Gasteiger charge is -2.13. The highest BCUT2D eigenvalue weighted by molar-refractivity contribution is 5.79. The number of carbonyl (C=O) groups is 2. The second-order valence-corrected chi connectivity index (χ2v) is 3.82. The van der Waals surface area contributed by atoms with Crippen LogP contribution in [0.15, 0.2) is 12.2 Å². The molecule has 0 heterocycles. The van der Waals surface area contributed by atoms with Crippen LogP contribution in [0.4, 0.5) is 4.79 Å². The SMILES string of the molecule is CCCCC(NC(=O)OCC1C=C1)C(=O)O. The predicted molar refractivity (Wildman–Crippen MR) is 58.1 cm³/mol. The molecule has 0 saturated carbocycles. The van der Waals surface area contributed by atoms with Crippen molar-refractivity contribution in [2.45, 2.75) is 32.2 Å². The van der Waals surface area contributed by atoms with Gasteiger partial charge >= 0.3 is 12.1 Å². The van der Waals surface area contributed by atoms with Crippen molar-refractivity contribution < 1.29 is 19.4 Å². The molecule has 5 nitrogen and oxygen atoms in total. The van der Waals surface area contributed by atoms with E-state index in [2.05, 4.69) is 5.32 Å². The summed E-state index contributed by atoms with van der Waals surface area (Å²) in [5.74, 6) is -0.778. The molecule has 0 radical (unpaired) electrons. The quantitative estimate of drug-likeness (QED) is 0.647. The number of ether oxygens (including phenoxy) is 1. The summed E-state index contributed by atoms with van der Waals surface area (Å²) in [5, 5.41) is 11.2. The zero-order valence-electron chi connectivity index (χ0n) is 9.31. The van der Waals surface area contributed by atoms with Gasteiger partial charge in [0.15, 0.2) is 0 Å². The van der Waals surface area contributed by atoms with Crippen molar-refractivity contribution in [2.24, 2.45) is 5.92 Å². The number of unbranched alkanes of at least 4 members (excludes halogenated alkanes) is 1. The van der Waals surface area contributed by atoms with E-state index in [1.54, 1.807) is 0 Å². The summed E-state index contributed by atoms with van der Waals surface area (Å²) < 4.78 is 4.85. The Labute approximate surface area is 94.5 Å². The summed E-state index contributed by atoms with van der Waals surface area (Å²) in [4.78, 5) is 22.0. The van der Waals surface area contributed by atoms with Crippen molar-refractivity contribution in [3.8, 4) is 0 Å². The summed E-state index contributed by atoms with van der Waals surface area (Å²) >= 11 is 0. The molecule has 1 amide bonds. The Morgan fingerprint density at radius 2 is 2.19 bits per heavy atom. The van der Waals surface area contributed by atoms with E-state index < -0.39 is 18.1 Å². The van der Waals surface area contributed by atoms with E-state index in [1.807, 2.05) is 19.1 Å². The Hall–Kier alpha value is -1.52. The van der Waals surface area contributed by atoms with Crippen molar-refractivity contribution in [1.29, 1.82) is 0 Å². The first kappa shape index (κ1) is 12.5. The molecule has 0 fully saturated rings. The van der Waals surface area contributed by atoms with Gasteiger partial charge in [0.05, 0.1) is 0 Å². The molecule has 0 aliphatic heterocycles. The van der Waals surface area contributed by atoms with E-state index >= 15 is 0 Å². The standard InChI is InChI=1S/C11H17NO4/c1-2-3-4-9(10(13)14)12-11(15)16-7-8-5-6-8/h5-6,8-9H,2-4,7H2,1H3,(H,12,15)(H,13,14). The summed E-state index contributed by atoms with van der Waals surface area (Å²) in [6, 6.07) is -0.848. The predicted octanol–water partition coefficient (Wildman–Crippen LogP) is 1.54. The number of amides is 1. The Morgan fingerprint density at radius 3 is 2.69 bits per heavy atom. The third kappa shape index (κ3) is 4.82. The van der Waals surface area contributed by atoms with E-state index in [9.17, 15) is 9.59 Å². The molecule has 1 aliphatic carbocycles. The molecule has 0 aromatic heterocycles. The molecule has 1 atom stereocenters. The van der Waals surface area contributed by atoms with E-state index in [0.717, 1.165) is 12.8 Å². The van der Waals surface area contributed by atoms with Gasteiger partial charge in [-0.3, -0.25) is 0 Å². The summed E-state index contributed by atoms with van der Waals surface area (Å²) in [5.41, 5.74) is 0. The molecule has 0 aromatic rings. The highest BCUT2D eigenvalue weighted by Gasteiger charge is 2.21. The second-order valence-electron chi connectivity index (χ2n) is 3.82. The van der Waals surface area contributed by atoms with E-state index in [4.69, 9.17) is 9.84 Å². The number of rotatable bonds is 7. The van der Waals surface area contributed by atoms with Crippen LogP contribution in [0.1, 0.15) is 26.2 Å². The number of aliphatic carboxylic acids is 1. The first-order valence-electron chi connectivity index (χ1n) is 5.48. The molecule has 0 aromatic carbocycles. The zero-order valence-corrected chi connectivity index (χ0v) is 9.31. The number of hydrogen-bond acceptors (Lipinski definition) is 3. The highest BCUT2D eigenvalue weighted by Crippen LogP contribution is 2.15. The van der Waals surface area contributed by atoms with Gasteiger partial charge in [-0.25, -0.2) is 9.59 Å². The monoisotopic (exact) mass is 227 g/mol. The number of carboxylic acid groups (broad SMARTS) is 1. The minimum Gasteiger partial charge on any atom is -0.480 e. The van der Waals surface area contributed by atoms with Crippen LogP contribution in [-0.4, -0.2) is 29.8 Å². The fraction of sp³-hybridized carbons (Fsp3) is 0.636. The molecule has 5 heteroatoms. The lowest BCUT2D eigenvalue weighted by atomic mass is 10.1. The first-order valence-corrected chi connectivity index (χ1v) is 5.48. The molecular weight excluding hydrogens is 210 g/mol. The highest BCUT2D eigenvalue weighted by atomic mass is 16.5. The van der Waals surface area contributed by atoms with Crippen LogP contribution in [0.3, 0.4) is 0 Å². The molecule has 1 rings (SSSR count). The molecule has 0 spiro atoms. The first-order chi connectivity index (χ1) is 7.63. The van der Waals surface area contributed by atoms with Crippen molar-refractivity contribution in [1.82, 2.24) is 5.32 Å². The van der Waals surface area contributed by atoms with Gasteiger partial charge in [-0.1, -0.05) is 31.9 Å². The van der Waals surface area contributed by atoms with Gasteiger partial charge in [-0.05, 0) is 6.42 Å². The number of carboxylic acids is 1. The van der Waals surface area contributed by atoms with Crippen LogP contribution in [0, 0.1) is 5.92 Å². The maximum absolute atomic E-state index is 11.2. The molecular formula is C11H17NO4. The van der Waals surface area contributed by atoms with Gasteiger partial charge in [0.25, 0.3) is 0 Å². The summed E-state index contributed by atoms with van der Waals surface area (Å²) in [7, 11) is 0. The van der Waals surface area contributed by atoms with E-state index in [1.165, 1.54) is 0 Å². The van der Waals surface area contributed by atoms with Crippen LogP contribution in [0.2, 0.25) is 0 Å². The van der Waals surface area contributed by atoms with Crippen molar-refractivity contribution >= 4 is 12.1 Å². The van der Waals surface area contributed by atoms with Gasteiger partial charge in [0, 0.05) is 5.92 Å². The maximum atomic E-state index is 11.2. The molecule has 2 N–H and O–H groups in total. The van der Waals surface area contributed by atoms with Gasteiger partial charge < -0.3 is 15.2 Å². The van der Waals surface area contributed by atoms with Gasteiger partial charge in [0.2, 0.25) is 0 Å². The van der Waals surface area contributed by atoms with Crippen LogP contribution in [0.5, 0.6) is 0 Å². The minimum atomic E-state index is -1.02. The second kappa shape index (κ2) is 6.15. The maximum Gasteiger partial charge on any atom is 0.407 e. The number of carbonyl (C=O) groups excluding carboxylic acids is 1. The van der Waals surface area contributed by atoms with E-state index in [0.29, 0.717) is 13.0 Å². The lowest BCUT2D eigenvalue weighted by Crippen LogP contribution is -2.41. The topological polar surface area (TPSA) is 75.6 Å². The third-order valence-electron chi connectivity index (χ3n) is 2.31. The Morgan fingerprint density at radius 1 is 1.50 bits per heavy atom. The van der Waals surface area contributed by atoms with Crippen LogP contribution >= 0.6 is 0 Å². The fourth-order valence-electron chi connectivity index (χ4n) is 1.21. The van der Waals surface area contributed by atoms with Crippen LogP contribution in [0.25, 0.3) is 0 Å². The normalized spacial score (nSPS) is 15.6. The fourth-order valence-corrected chi connectivity index (χ4v) is 1.21. The van der Waals surface area contributed by atoms with Gasteiger partial charge in [-0.15, -0.1) is 0 Å². The van der Waals surface area contributed by atoms with Crippen molar-refractivity contribution in [3.05, 3.63) is 12.2 Å². The Balaban J connectivity index is 2.22. The van der Waals surface area contributed by atoms with Crippen LogP contribution < -0.4 is 5.32 Å².